The highest BCUT2D eigenvalue weighted by Crippen LogP contribution is 2.10. The van der Waals surface area contributed by atoms with E-state index in [1.807, 2.05) is 0 Å². The van der Waals surface area contributed by atoms with Crippen molar-refractivity contribution >= 4 is 11.6 Å². The SMILES string of the molecule is CC(=CCCCl)CC(C)C. The lowest BCUT2D eigenvalue weighted by atomic mass is 10.0. The molecule has 0 heterocycles. The van der Waals surface area contributed by atoms with Gasteiger partial charge in [0.1, 0.15) is 0 Å². The molecule has 60 valence electrons. The zero-order chi connectivity index (χ0) is 7.98. The van der Waals surface area contributed by atoms with Gasteiger partial charge in [-0.2, -0.15) is 0 Å². The Hall–Kier alpha value is 0.0300. The second-order valence-corrected chi connectivity index (χ2v) is 3.50. The Balaban J connectivity index is 3.49. The van der Waals surface area contributed by atoms with Crippen LogP contribution in [0.3, 0.4) is 0 Å². The largest absolute Gasteiger partial charge is 0.126 e. The lowest BCUT2D eigenvalue weighted by Crippen LogP contribution is -1.87. The molecule has 0 spiro atoms. The Labute approximate surface area is 69.3 Å². The molecule has 0 rings (SSSR count). The summed E-state index contributed by atoms with van der Waals surface area (Å²) in [4.78, 5) is 0. The van der Waals surface area contributed by atoms with E-state index >= 15 is 0 Å². The van der Waals surface area contributed by atoms with Crippen LogP contribution in [-0.4, -0.2) is 5.88 Å². The maximum atomic E-state index is 5.54. The van der Waals surface area contributed by atoms with Gasteiger partial charge in [-0.25, -0.2) is 0 Å². The van der Waals surface area contributed by atoms with E-state index in [-0.39, 0.29) is 0 Å². The first-order valence-corrected chi connectivity index (χ1v) is 4.42. The van der Waals surface area contributed by atoms with Gasteiger partial charge >= 0.3 is 0 Å². The average molecular weight is 161 g/mol. The lowest BCUT2D eigenvalue weighted by Gasteiger charge is -2.03. The fraction of sp³-hybridized carbons (Fsp3) is 0.778. The van der Waals surface area contributed by atoms with Crippen molar-refractivity contribution in [3.05, 3.63) is 11.6 Å². The minimum absolute atomic E-state index is 0.745. The molecule has 1 heteroatoms. The molecule has 0 bridgehead atoms. The van der Waals surface area contributed by atoms with Crippen molar-refractivity contribution in [1.82, 2.24) is 0 Å². The highest BCUT2D eigenvalue weighted by molar-refractivity contribution is 6.17. The van der Waals surface area contributed by atoms with Gasteiger partial charge in [-0.3, -0.25) is 0 Å². The topological polar surface area (TPSA) is 0 Å². The minimum atomic E-state index is 0.745. The molecular formula is C9H17Cl. The van der Waals surface area contributed by atoms with Crippen LogP contribution in [-0.2, 0) is 0 Å². The molecule has 0 radical (unpaired) electrons. The van der Waals surface area contributed by atoms with Crippen LogP contribution in [0.25, 0.3) is 0 Å². The van der Waals surface area contributed by atoms with Crippen LogP contribution in [0.2, 0.25) is 0 Å². The van der Waals surface area contributed by atoms with Crippen LogP contribution >= 0.6 is 11.6 Å². The molecule has 0 amide bonds. The summed E-state index contributed by atoms with van der Waals surface area (Å²) in [5.74, 6) is 1.52. The van der Waals surface area contributed by atoms with Gasteiger partial charge in [-0.15, -0.1) is 11.6 Å². The van der Waals surface area contributed by atoms with Crippen LogP contribution in [0.4, 0.5) is 0 Å². The molecule has 0 nitrogen and oxygen atoms in total. The van der Waals surface area contributed by atoms with Gasteiger partial charge in [0.2, 0.25) is 0 Å². The number of halogens is 1. The van der Waals surface area contributed by atoms with Crippen molar-refractivity contribution in [2.45, 2.75) is 33.6 Å². The highest BCUT2D eigenvalue weighted by Gasteiger charge is 1.93. The minimum Gasteiger partial charge on any atom is -0.126 e. The molecule has 0 unspecified atom stereocenters. The normalized spacial score (nSPS) is 12.7. The van der Waals surface area contributed by atoms with Gasteiger partial charge in [-0.1, -0.05) is 25.5 Å². The van der Waals surface area contributed by atoms with E-state index in [1.165, 1.54) is 12.0 Å². The summed E-state index contributed by atoms with van der Waals surface area (Å²) in [5.41, 5.74) is 1.47. The first-order chi connectivity index (χ1) is 4.66. The Morgan fingerprint density at radius 1 is 1.50 bits per heavy atom. The summed E-state index contributed by atoms with van der Waals surface area (Å²) in [6.07, 6.45) is 4.45. The maximum Gasteiger partial charge on any atom is 0.0258 e. The monoisotopic (exact) mass is 160 g/mol. The molecule has 0 saturated carbocycles. The third kappa shape index (κ3) is 6.15. The smallest absolute Gasteiger partial charge is 0.0258 e. The Kier molecular flexibility index (Phi) is 5.81. The van der Waals surface area contributed by atoms with E-state index in [4.69, 9.17) is 11.6 Å². The molecular weight excluding hydrogens is 144 g/mol. The van der Waals surface area contributed by atoms with Gasteiger partial charge in [0.25, 0.3) is 0 Å². The average Bonchev–Trinajstić information content (AvgIpc) is 1.82. The fourth-order valence-corrected chi connectivity index (χ4v) is 1.14. The van der Waals surface area contributed by atoms with Crippen molar-refractivity contribution in [3.63, 3.8) is 0 Å². The third-order valence-electron chi connectivity index (χ3n) is 1.33. The zero-order valence-electron chi connectivity index (χ0n) is 7.15. The van der Waals surface area contributed by atoms with Crippen LogP contribution in [0, 0.1) is 5.92 Å². The molecule has 0 aromatic rings. The summed E-state index contributed by atoms with van der Waals surface area (Å²) in [7, 11) is 0. The summed E-state index contributed by atoms with van der Waals surface area (Å²) in [6.45, 7) is 6.64. The quantitative estimate of drug-likeness (QED) is 0.436. The molecule has 0 aliphatic carbocycles. The molecule has 0 saturated heterocycles. The summed E-state index contributed by atoms with van der Waals surface area (Å²) >= 11 is 5.54. The van der Waals surface area contributed by atoms with Gasteiger partial charge in [0, 0.05) is 5.88 Å². The predicted molar refractivity (Wildman–Crippen MR) is 48.5 cm³/mol. The van der Waals surface area contributed by atoms with E-state index in [9.17, 15) is 0 Å². The van der Waals surface area contributed by atoms with E-state index < -0.39 is 0 Å². The van der Waals surface area contributed by atoms with E-state index in [0.717, 1.165) is 18.2 Å². The van der Waals surface area contributed by atoms with Crippen LogP contribution < -0.4 is 0 Å². The Morgan fingerprint density at radius 2 is 2.10 bits per heavy atom. The number of hydrogen-bond donors (Lipinski definition) is 0. The molecule has 0 aliphatic heterocycles. The van der Waals surface area contributed by atoms with Crippen LogP contribution in [0.5, 0.6) is 0 Å². The van der Waals surface area contributed by atoms with E-state index in [2.05, 4.69) is 26.8 Å². The second kappa shape index (κ2) is 5.79. The number of rotatable bonds is 4. The van der Waals surface area contributed by atoms with E-state index in [0.29, 0.717) is 0 Å². The van der Waals surface area contributed by atoms with Gasteiger partial charge in [0.05, 0.1) is 0 Å². The Bertz CT molecular complexity index is 103. The summed E-state index contributed by atoms with van der Waals surface area (Å²) in [6, 6.07) is 0. The Morgan fingerprint density at radius 3 is 2.50 bits per heavy atom. The van der Waals surface area contributed by atoms with E-state index in [1.54, 1.807) is 0 Å². The first-order valence-electron chi connectivity index (χ1n) is 3.88. The van der Waals surface area contributed by atoms with Gasteiger partial charge < -0.3 is 0 Å². The molecule has 0 aromatic carbocycles. The van der Waals surface area contributed by atoms with Crippen LogP contribution in [0.15, 0.2) is 11.6 Å². The molecule has 0 N–H and O–H groups in total. The van der Waals surface area contributed by atoms with Crippen molar-refractivity contribution in [1.29, 1.82) is 0 Å². The number of alkyl halides is 1. The first kappa shape index (κ1) is 10.0. The lowest BCUT2D eigenvalue weighted by molar-refractivity contribution is 0.640. The molecule has 10 heavy (non-hydrogen) atoms. The molecule has 0 aliphatic rings. The van der Waals surface area contributed by atoms with Gasteiger partial charge in [0.15, 0.2) is 0 Å². The summed E-state index contributed by atoms with van der Waals surface area (Å²) < 4.78 is 0. The number of allylic oxidation sites excluding steroid dienone is 2. The molecule has 0 fully saturated rings. The zero-order valence-corrected chi connectivity index (χ0v) is 7.91. The van der Waals surface area contributed by atoms with Crippen molar-refractivity contribution < 1.29 is 0 Å². The fourth-order valence-electron chi connectivity index (χ4n) is 1.03. The summed E-state index contributed by atoms with van der Waals surface area (Å²) in [5, 5.41) is 0. The van der Waals surface area contributed by atoms with Gasteiger partial charge in [-0.05, 0) is 25.7 Å². The van der Waals surface area contributed by atoms with Crippen molar-refractivity contribution in [3.8, 4) is 0 Å². The van der Waals surface area contributed by atoms with Crippen molar-refractivity contribution in [2.75, 3.05) is 5.88 Å². The molecule has 0 aromatic heterocycles. The molecule has 0 atom stereocenters. The van der Waals surface area contributed by atoms with Crippen molar-refractivity contribution in [2.24, 2.45) is 5.92 Å². The predicted octanol–water partition coefficient (Wildman–Crippen LogP) is 3.61. The maximum absolute atomic E-state index is 5.54. The number of hydrogen-bond acceptors (Lipinski definition) is 0. The second-order valence-electron chi connectivity index (χ2n) is 3.13. The standard InChI is InChI=1S/C9H17Cl/c1-8(2)7-9(3)5-4-6-10/h5,8H,4,6-7H2,1-3H3. The highest BCUT2D eigenvalue weighted by atomic mass is 35.5. The van der Waals surface area contributed by atoms with Crippen LogP contribution in [0.1, 0.15) is 33.6 Å². The third-order valence-corrected chi connectivity index (χ3v) is 1.55.